The molecule has 0 aromatic heterocycles. The molecule has 0 fully saturated rings. The van der Waals surface area contributed by atoms with Crippen molar-refractivity contribution in [3.8, 4) is 0 Å². The Balaban J connectivity index is 1.99. The van der Waals surface area contributed by atoms with Gasteiger partial charge in [-0.1, -0.05) is 31.2 Å². The van der Waals surface area contributed by atoms with Crippen molar-refractivity contribution in [1.29, 1.82) is 0 Å². The van der Waals surface area contributed by atoms with Crippen LogP contribution >= 0.6 is 0 Å². The maximum Gasteiger partial charge on any atom is 0.242 e. The maximum absolute atomic E-state index is 12.3. The second-order valence-electron chi connectivity index (χ2n) is 5.27. The Kier molecular flexibility index (Phi) is 4.77. The number of fused-ring (bicyclic) bond motifs is 1. The van der Waals surface area contributed by atoms with E-state index in [2.05, 4.69) is 12.1 Å². The molecule has 0 saturated carbocycles. The molecule has 4 nitrogen and oxygen atoms in total. The minimum absolute atomic E-state index is 0.0300. The standard InChI is InChI=1S/C16H22N2O2/c1-3-9-17(13(2)19)12-16(20)18-10-8-14-6-4-5-7-15(14)11-18/h4-7H,3,8-12H2,1-2H3. The van der Waals surface area contributed by atoms with Gasteiger partial charge in [-0.3, -0.25) is 9.59 Å². The van der Waals surface area contributed by atoms with Crippen LogP contribution in [-0.4, -0.2) is 41.2 Å². The molecule has 0 radical (unpaired) electrons. The van der Waals surface area contributed by atoms with Crippen molar-refractivity contribution in [2.24, 2.45) is 0 Å². The number of hydrogen-bond acceptors (Lipinski definition) is 2. The Bertz CT molecular complexity index is 499. The number of carbonyl (C=O) groups is 2. The third kappa shape index (κ3) is 3.38. The zero-order valence-corrected chi connectivity index (χ0v) is 12.3. The summed E-state index contributed by atoms with van der Waals surface area (Å²) in [6.45, 7) is 5.78. The Hall–Kier alpha value is -1.84. The third-order valence-electron chi connectivity index (χ3n) is 3.75. The molecule has 4 heteroatoms. The lowest BCUT2D eigenvalue weighted by Gasteiger charge is -2.31. The summed E-state index contributed by atoms with van der Waals surface area (Å²) < 4.78 is 0. The summed E-state index contributed by atoms with van der Waals surface area (Å²) in [5, 5.41) is 0. The van der Waals surface area contributed by atoms with Gasteiger partial charge in [-0.25, -0.2) is 0 Å². The van der Waals surface area contributed by atoms with E-state index in [0.29, 0.717) is 13.1 Å². The molecule has 1 aromatic carbocycles. The van der Waals surface area contributed by atoms with Gasteiger partial charge < -0.3 is 9.80 Å². The molecule has 0 saturated heterocycles. The van der Waals surface area contributed by atoms with E-state index >= 15 is 0 Å². The van der Waals surface area contributed by atoms with E-state index in [1.54, 1.807) is 4.90 Å². The monoisotopic (exact) mass is 274 g/mol. The molecule has 1 aliphatic heterocycles. The topological polar surface area (TPSA) is 40.6 Å². The molecule has 0 atom stereocenters. The number of benzene rings is 1. The van der Waals surface area contributed by atoms with Gasteiger partial charge in [0.2, 0.25) is 11.8 Å². The second-order valence-corrected chi connectivity index (χ2v) is 5.27. The first kappa shape index (κ1) is 14.6. The number of amides is 2. The molecule has 0 spiro atoms. The Labute approximate surface area is 120 Å². The number of rotatable bonds is 4. The van der Waals surface area contributed by atoms with Crippen LogP contribution in [-0.2, 0) is 22.6 Å². The molecule has 0 aliphatic carbocycles. The summed E-state index contributed by atoms with van der Waals surface area (Å²) in [6.07, 6.45) is 1.77. The van der Waals surface area contributed by atoms with Gasteiger partial charge in [0.25, 0.3) is 0 Å². The molecule has 1 aromatic rings. The quantitative estimate of drug-likeness (QED) is 0.840. The minimum Gasteiger partial charge on any atom is -0.336 e. The van der Waals surface area contributed by atoms with Gasteiger partial charge in [0, 0.05) is 26.6 Å². The van der Waals surface area contributed by atoms with Crippen molar-refractivity contribution >= 4 is 11.8 Å². The van der Waals surface area contributed by atoms with Crippen LogP contribution < -0.4 is 0 Å². The fourth-order valence-corrected chi connectivity index (χ4v) is 2.59. The van der Waals surface area contributed by atoms with Gasteiger partial charge in [-0.2, -0.15) is 0 Å². The highest BCUT2D eigenvalue weighted by Crippen LogP contribution is 2.18. The molecule has 0 unspecified atom stereocenters. The van der Waals surface area contributed by atoms with Gasteiger partial charge in [0.05, 0.1) is 6.54 Å². The first-order valence-corrected chi connectivity index (χ1v) is 7.22. The summed E-state index contributed by atoms with van der Waals surface area (Å²) in [6, 6.07) is 8.24. The summed E-state index contributed by atoms with van der Waals surface area (Å²) >= 11 is 0. The Morgan fingerprint density at radius 3 is 2.60 bits per heavy atom. The zero-order chi connectivity index (χ0) is 14.5. The maximum atomic E-state index is 12.3. The molecule has 2 amide bonds. The summed E-state index contributed by atoms with van der Waals surface area (Å²) in [7, 11) is 0. The van der Waals surface area contributed by atoms with Crippen molar-refractivity contribution in [3.05, 3.63) is 35.4 Å². The average molecular weight is 274 g/mol. The number of hydrogen-bond donors (Lipinski definition) is 0. The molecule has 108 valence electrons. The van der Waals surface area contributed by atoms with Gasteiger partial charge in [-0.05, 0) is 24.0 Å². The fraction of sp³-hybridized carbons (Fsp3) is 0.500. The molecule has 20 heavy (non-hydrogen) atoms. The van der Waals surface area contributed by atoms with Gasteiger partial charge in [-0.15, -0.1) is 0 Å². The highest BCUT2D eigenvalue weighted by molar-refractivity contribution is 5.84. The normalized spacial score (nSPS) is 13.8. The van der Waals surface area contributed by atoms with Crippen LogP contribution in [0, 0.1) is 0 Å². The van der Waals surface area contributed by atoms with Crippen LogP contribution in [0.5, 0.6) is 0 Å². The van der Waals surface area contributed by atoms with Crippen molar-refractivity contribution < 1.29 is 9.59 Å². The lowest BCUT2D eigenvalue weighted by atomic mass is 10.00. The molecular formula is C16H22N2O2. The predicted octanol–water partition coefficient (Wildman–Crippen LogP) is 1.83. The van der Waals surface area contributed by atoms with Gasteiger partial charge >= 0.3 is 0 Å². The highest BCUT2D eigenvalue weighted by Gasteiger charge is 2.22. The first-order valence-electron chi connectivity index (χ1n) is 7.22. The molecule has 1 aliphatic rings. The summed E-state index contributed by atoms with van der Waals surface area (Å²) in [5.41, 5.74) is 2.55. The Morgan fingerprint density at radius 2 is 1.95 bits per heavy atom. The van der Waals surface area contributed by atoms with Crippen molar-refractivity contribution in [2.75, 3.05) is 19.6 Å². The van der Waals surface area contributed by atoms with E-state index in [-0.39, 0.29) is 18.4 Å². The molecule has 0 bridgehead atoms. The van der Waals surface area contributed by atoms with E-state index < -0.39 is 0 Å². The predicted molar refractivity (Wildman–Crippen MR) is 78.1 cm³/mol. The zero-order valence-electron chi connectivity index (χ0n) is 12.3. The van der Waals surface area contributed by atoms with Crippen LogP contribution in [0.1, 0.15) is 31.4 Å². The van der Waals surface area contributed by atoms with Crippen LogP contribution in [0.4, 0.5) is 0 Å². The molecule has 1 heterocycles. The summed E-state index contributed by atoms with van der Waals surface area (Å²) in [4.78, 5) is 27.3. The highest BCUT2D eigenvalue weighted by atomic mass is 16.2. The second kappa shape index (κ2) is 6.55. The average Bonchev–Trinajstić information content (AvgIpc) is 2.46. The van der Waals surface area contributed by atoms with Crippen molar-refractivity contribution in [1.82, 2.24) is 9.80 Å². The van der Waals surface area contributed by atoms with Crippen LogP contribution in [0.2, 0.25) is 0 Å². The van der Waals surface area contributed by atoms with Crippen molar-refractivity contribution in [2.45, 2.75) is 33.2 Å². The molecule has 2 rings (SSSR count). The number of carbonyl (C=O) groups excluding carboxylic acids is 2. The third-order valence-corrected chi connectivity index (χ3v) is 3.75. The molecule has 0 N–H and O–H groups in total. The number of nitrogens with zero attached hydrogens (tertiary/aromatic N) is 2. The lowest BCUT2D eigenvalue weighted by molar-refractivity contribution is -0.140. The fourth-order valence-electron chi connectivity index (χ4n) is 2.59. The van der Waals surface area contributed by atoms with E-state index in [9.17, 15) is 9.59 Å². The summed E-state index contributed by atoms with van der Waals surface area (Å²) in [5.74, 6) is 0.0146. The largest absolute Gasteiger partial charge is 0.336 e. The first-order chi connectivity index (χ1) is 9.61. The van der Waals surface area contributed by atoms with Crippen molar-refractivity contribution in [3.63, 3.8) is 0 Å². The van der Waals surface area contributed by atoms with Crippen LogP contribution in [0.15, 0.2) is 24.3 Å². The SMILES string of the molecule is CCCN(CC(=O)N1CCc2ccccc2C1)C(C)=O. The molecular weight excluding hydrogens is 252 g/mol. The van der Waals surface area contributed by atoms with E-state index in [1.807, 2.05) is 24.0 Å². The smallest absolute Gasteiger partial charge is 0.242 e. The van der Waals surface area contributed by atoms with E-state index in [1.165, 1.54) is 18.1 Å². The van der Waals surface area contributed by atoms with Gasteiger partial charge in [0.15, 0.2) is 0 Å². The minimum atomic E-state index is -0.0300. The lowest BCUT2D eigenvalue weighted by Crippen LogP contribution is -2.44. The van der Waals surface area contributed by atoms with Crippen LogP contribution in [0.25, 0.3) is 0 Å². The van der Waals surface area contributed by atoms with Crippen LogP contribution in [0.3, 0.4) is 0 Å². The van der Waals surface area contributed by atoms with Gasteiger partial charge in [0.1, 0.15) is 0 Å². The van der Waals surface area contributed by atoms with E-state index in [0.717, 1.165) is 19.4 Å². The van der Waals surface area contributed by atoms with E-state index in [4.69, 9.17) is 0 Å². The Morgan fingerprint density at radius 1 is 1.25 bits per heavy atom.